The summed E-state index contributed by atoms with van der Waals surface area (Å²) in [4.78, 5) is 21.4. The number of hydrogen-bond acceptors (Lipinski definition) is 8. The Kier molecular flexibility index (Phi) is 5.63. The minimum atomic E-state index is -0.734. The van der Waals surface area contributed by atoms with E-state index in [1.54, 1.807) is 13.2 Å². The lowest BCUT2D eigenvalue weighted by atomic mass is 10.2. The number of amides is 1. The zero-order valence-corrected chi connectivity index (χ0v) is 13.0. The van der Waals surface area contributed by atoms with Crippen LogP contribution in [0.3, 0.4) is 0 Å². The van der Waals surface area contributed by atoms with Crippen LogP contribution >= 0.6 is 0 Å². The highest BCUT2D eigenvalue weighted by Crippen LogP contribution is 2.26. The molecule has 0 aromatic carbocycles. The van der Waals surface area contributed by atoms with E-state index in [-0.39, 0.29) is 19.0 Å². The second-order valence-corrected chi connectivity index (χ2v) is 4.50. The van der Waals surface area contributed by atoms with Gasteiger partial charge < -0.3 is 13.9 Å². The predicted molar refractivity (Wildman–Crippen MR) is 81.5 cm³/mol. The van der Waals surface area contributed by atoms with E-state index < -0.39 is 16.9 Å². The minimum absolute atomic E-state index is 0.103. The number of rotatable bonds is 7. The molecule has 0 saturated heterocycles. The van der Waals surface area contributed by atoms with Gasteiger partial charge in [0.25, 0.3) is 0 Å². The third kappa shape index (κ3) is 4.39. The summed E-state index contributed by atoms with van der Waals surface area (Å²) in [6.45, 7) is 0.382. The molecule has 0 aliphatic carbocycles. The molecule has 2 aromatic rings. The molecule has 0 aliphatic heterocycles. The Morgan fingerprint density at radius 2 is 2.33 bits per heavy atom. The fourth-order valence-electron chi connectivity index (χ4n) is 1.75. The van der Waals surface area contributed by atoms with E-state index in [9.17, 15) is 14.9 Å². The minimum Gasteiger partial charge on any atom is -0.446 e. The van der Waals surface area contributed by atoms with Gasteiger partial charge in [0.2, 0.25) is 0 Å². The molecule has 2 rings (SSSR count). The molecule has 0 unspecified atom stereocenters. The quantitative estimate of drug-likeness (QED) is 0.348. The van der Waals surface area contributed by atoms with E-state index >= 15 is 0 Å². The van der Waals surface area contributed by atoms with E-state index in [1.165, 1.54) is 30.1 Å². The highest BCUT2D eigenvalue weighted by atomic mass is 16.6. The Labute approximate surface area is 136 Å². The van der Waals surface area contributed by atoms with Crippen molar-refractivity contribution in [3.05, 3.63) is 34.0 Å². The maximum absolute atomic E-state index is 11.3. The SMILES string of the molecule is COCCOC(=O)N/N=C/c1cn(C)nc1-c1ccc([N+](=O)[O-])o1. The van der Waals surface area contributed by atoms with Crippen molar-refractivity contribution in [1.29, 1.82) is 0 Å². The molecule has 0 spiro atoms. The number of carbonyl (C=O) groups excluding carboxylic acids is 1. The topological polar surface area (TPSA) is 134 Å². The number of aromatic nitrogens is 2. The lowest BCUT2D eigenvalue weighted by Crippen LogP contribution is -2.20. The van der Waals surface area contributed by atoms with Gasteiger partial charge in [-0.15, -0.1) is 0 Å². The van der Waals surface area contributed by atoms with Crippen LogP contribution in [0.1, 0.15) is 5.56 Å². The Balaban J connectivity index is 2.07. The van der Waals surface area contributed by atoms with Gasteiger partial charge in [-0.25, -0.2) is 10.2 Å². The summed E-state index contributed by atoms with van der Waals surface area (Å²) in [7, 11) is 3.16. The lowest BCUT2D eigenvalue weighted by Gasteiger charge is -2.01. The van der Waals surface area contributed by atoms with Gasteiger partial charge in [0, 0.05) is 25.9 Å². The average molecular weight is 337 g/mol. The largest absolute Gasteiger partial charge is 0.446 e. The monoisotopic (exact) mass is 337 g/mol. The van der Waals surface area contributed by atoms with E-state index in [2.05, 4.69) is 15.6 Å². The molecular weight excluding hydrogens is 322 g/mol. The van der Waals surface area contributed by atoms with Crippen LogP contribution in [0.2, 0.25) is 0 Å². The van der Waals surface area contributed by atoms with E-state index in [4.69, 9.17) is 13.9 Å². The fraction of sp³-hybridized carbons (Fsp3) is 0.308. The van der Waals surface area contributed by atoms with Crippen molar-refractivity contribution in [3.63, 3.8) is 0 Å². The second-order valence-electron chi connectivity index (χ2n) is 4.50. The number of nitro groups is 1. The summed E-state index contributed by atoms with van der Waals surface area (Å²) in [5.41, 5.74) is 3.03. The van der Waals surface area contributed by atoms with Crippen LogP contribution in [0.5, 0.6) is 0 Å². The van der Waals surface area contributed by atoms with Crippen molar-refractivity contribution < 1.29 is 23.6 Å². The first-order chi connectivity index (χ1) is 11.5. The summed E-state index contributed by atoms with van der Waals surface area (Å²) in [5.74, 6) is -0.176. The molecule has 1 amide bonds. The van der Waals surface area contributed by atoms with Gasteiger partial charge in [-0.3, -0.25) is 14.8 Å². The first kappa shape index (κ1) is 17.1. The molecule has 11 heteroatoms. The molecule has 24 heavy (non-hydrogen) atoms. The van der Waals surface area contributed by atoms with E-state index in [0.29, 0.717) is 11.3 Å². The zero-order valence-electron chi connectivity index (χ0n) is 13.0. The first-order valence-corrected chi connectivity index (χ1v) is 6.74. The molecule has 2 aromatic heterocycles. The molecule has 0 aliphatic rings. The van der Waals surface area contributed by atoms with Crippen LogP contribution in [0.4, 0.5) is 10.7 Å². The third-order valence-electron chi connectivity index (χ3n) is 2.74. The van der Waals surface area contributed by atoms with E-state index in [0.717, 1.165) is 0 Å². The van der Waals surface area contributed by atoms with Gasteiger partial charge in [0.15, 0.2) is 5.76 Å². The van der Waals surface area contributed by atoms with Crippen LogP contribution in [-0.2, 0) is 16.5 Å². The molecule has 0 fully saturated rings. The van der Waals surface area contributed by atoms with Crippen LogP contribution < -0.4 is 5.43 Å². The van der Waals surface area contributed by atoms with Gasteiger partial charge in [0.05, 0.1) is 18.9 Å². The molecule has 0 bridgehead atoms. The smallest absolute Gasteiger partial charge is 0.433 e. The Hall–Kier alpha value is -3.21. The van der Waals surface area contributed by atoms with Crippen molar-refractivity contribution >= 4 is 18.2 Å². The fourth-order valence-corrected chi connectivity index (χ4v) is 1.75. The summed E-state index contributed by atoms with van der Waals surface area (Å²) in [6, 6.07) is 2.67. The van der Waals surface area contributed by atoms with E-state index in [1.807, 2.05) is 0 Å². The number of hydrazone groups is 1. The Bertz CT molecular complexity index is 750. The van der Waals surface area contributed by atoms with Crippen LogP contribution in [-0.4, -0.2) is 47.3 Å². The number of carbonyl (C=O) groups is 1. The molecule has 11 nitrogen and oxygen atoms in total. The first-order valence-electron chi connectivity index (χ1n) is 6.74. The molecule has 128 valence electrons. The molecule has 0 atom stereocenters. The standard InChI is InChI=1S/C13H15N5O6/c1-17-8-9(7-14-15-13(19)23-6-5-22-2)12(16-17)10-3-4-11(24-10)18(20)21/h3-4,7-8H,5-6H2,1-2H3,(H,15,19)/b14-7+. The lowest BCUT2D eigenvalue weighted by molar-refractivity contribution is -0.401. The number of nitrogens with one attached hydrogen (secondary N) is 1. The molecular formula is C13H15N5O6. The third-order valence-corrected chi connectivity index (χ3v) is 2.74. The van der Waals surface area contributed by atoms with Crippen molar-refractivity contribution in [2.75, 3.05) is 20.3 Å². The van der Waals surface area contributed by atoms with Crippen molar-refractivity contribution in [2.24, 2.45) is 12.1 Å². The van der Waals surface area contributed by atoms with Crippen LogP contribution in [0, 0.1) is 10.1 Å². The predicted octanol–water partition coefficient (Wildman–Crippen LogP) is 1.29. The number of aryl methyl sites for hydroxylation is 1. The highest BCUT2D eigenvalue weighted by molar-refractivity contribution is 5.88. The number of ether oxygens (including phenoxy) is 2. The van der Waals surface area contributed by atoms with Gasteiger partial charge in [-0.05, 0) is 6.07 Å². The maximum Gasteiger partial charge on any atom is 0.433 e. The number of methoxy groups -OCH3 is 1. The van der Waals surface area contributed by atoms with Gasteiger partial charge >= 0.3 is 12.0 Å². The molecule has 2 heterocycles. The van der Waals surface area contributed by atoms with Crippen molar-refractivity contribution in [3.8, 4) is 11.5 Å². The Morgan fingerprint density at radius 1 is 1.54 bits per heavy atom. The molecule has 1 N–H and O–H groups in total. The second kappa shape index (κ2) is 7.87. The van der Waals surface area contributed by atoms with Gasteiger partial charge in [-0.1, -0.05) is 0 Å². The normalized spacial score (nSPS) is 10.9. The van der Waals surface area contributed by atoms with Gasteiger partial charge in [-0.2, -0.15) is 10.2 Å². The summed E-state index contributed by atoms with van der Waals surface area (Å²) >= 11 is 0. The van der Waals surface area contributed by atoms with Crippen molar-refractivity contribution in [2.45, 2.75) is 0 Å². The Morgan fingerprint density at radius 3 is 3.00 bits per heavy atom. The molecule has 0 radical (unpaired) electrons. The molecule has 0 saturated carbocycles. The summed E-state index contributed by atoms with van der Waals surface area (Å²) in [5, 5.41) is 18.6. The zero-order chi connectivity index (χ0) is 17.5. The van der Waals surface area contributed by atoms with Crippen LogP contribution in [0.15, 0.2) is 27.8 Å². The number of hydrogen-bond donors (Lipinski definition) is 1. The highest BCUT2D eigenvalue weighted by Gasteiger charge is 2.17. The maximum atomic E-state index is 11.3. The number of nitrogens with zero attached hydrogens (tertiary/aromatic N) is 4. The summed E-state index contributed by atoms with van der Waals surface area (Å²) in [6.07, 6.45) is 2.21. The van der Waals surface area contributed by atoms with Crippen molar-refractivity contribution in [1.82, 2.24) is 15.2 Å². The summed E-state index contributed by atoms with van der Waals surface area (Å²) < 4.78 is 16.1. The average Bonchev–Trinajstić information content (AvgIpc) is 3.14. The van der Waals surface area contributed by atoms with Gasteiger partial charge in [0.1, 0.15) is 17.2 Å². The van der Waals surface area contributed by atoms with Crippen LogP contribution in [0.25, 0.3) is 11.5 Å². The number of furan rings is 1.